The SMILES string of the molecule is CCc1c(Nc2cc(-n3nc(C)c(C=O)c3C)ncn2)n[nH]c1Cc1ccc(F)cc1. The van der Waals surface area contributed by atoms with Gasteiger partial charge in [0.25, 0.3) is 0 Å². The van der Waals surface area contributed by atoms with E-state index in [4.69, 9.17) is 0 Å². The number of carbonyl (C=O) groups is 1. The summed E-state index contributed by atoms with van der Waals surface area (Å²) in [6.45, 7) is 5.66. The highest BCUT2D eigenvalue weighted by Crippen LogP contribution is 2.24. The van der Waals surface area contributed by atoms with Crippen molar-refractivity contribution in [1.82, 2.24) is 29.9 Å². The molecule has 0 fully saturated rings. The van der Waals surface area contributed by atoms with Gasteiger partial charge >= 0.3 is 0 Å². The summed E-state index contributed by atoms with van der Waals surface area (Å²) in [7, 11) is 0. The third-order valence-corrected chi connectivity index (χ3v) is 5.18. The molecule has 31 heavy (non-hydrogen) atoms. The quantitative estimate of drug-likeness (QED) is 0.441. The Morgan fingerprint density at radius 3 is 2.65 bits per heavy atom. The van der Waals surface area contributed by atoms with E-state index in [2.05, 4.69) is 30.6 Å². The molecule has 2 N–H and O–H groups in total. The maximum atomic E-state index is 13.2. The standard InChI is InChI=1S/C22H22FN7O/c1-4-17-19(9-15-5-7-16(23)8-6-15)27-28-22(17)26-20-10-21(25-12-24-20)30-14(3)18(11-31)13(2)29-30/h5-8,10-12H,4,9H2,1-3H3,(H2,24,25,26,27,28). The number of aromatic amines is 1. The number of nitrogens with zero attached hydrogens (tertiary/aromatic N) is 5. The number of nitrogens with one attached hydrogen (secondary N) is 2. The number of anilines is 2. The highest BCUT2D eigenvalue weighted by molar-refractivity contribution is 5.78. The number of hydrogen-bond acceptors (Lipinski definition) is 6. The normalized spacial score (nSPS) is 11.0. The van der Waals surface area contributed by atoms with Crippen molar-refractivity contribution in [3.05, 3.63) is 76.2 Å². The summed E-state index contributed by atoms with van der Waals surface area (Å²) in [5.74, 6) is 1.52. The first kappa shape index (κ1) is 20.4. The second-order valence-electron chi connectivity index (χ2n) is 7.19. The predicted molar refractivity (Wildman–Crippen MR) is 114 cm³/mol. The van der Waals surface area contributed by atoms with Crippen LogP contribution in [0.25, 0.3) is 5.82 Å². The number of aryl methyl sites for hydroxylation is 1. The Balaban J connectivity index is 1.60. The predicted octanol–water partition coefficient (Wildman–Crippen LogP) is 3.85. The molecule has 9 heteroatoms. The molecular formula is C22H22FN7O. The first-order chi connectivity index (χ1) is 15.0. The van der Waals surface area contributed by atoms with E-state index in [1.165, 1.54) is 18.5 Å². The van der Waals surface area contributed by atoms with E-state index in [9.17, 15) is 9.18 Å². The monoisotopic (exact) mass is 419 g/mol. The van der Waals surface area contributed by atoms with Crippen LogP contribution < -0.4 is 5.32 Å². The molecule has 0 aliphatic heterocycles. The number of aromatic nitrogens is 6. The minimum atomic E-state index is -0.256. The molecule has 0 spiro atoms. The lowest BCUT2D eigenvalue weighted by molar-refractivity contribution is 0.112. The minimum Gasteiger partial charge on any atom is -0.323 e. The summed E-state index contributed by atoms with van der Waals surface area (Å²) < 4.78 is 14.8. The zero-order valence-corrected chi connectivity index (χ0v) is 17.5. The smallest absolute Gasteiger partial charge is 0.159 e. The number of carbonyl (C=O) groups excluding carboxylic acids is 1. The van der Waals surface area contributed by atoms with Crippen LogP contribution in [0.5, 0.6) is 0 Å². The van der Waals surface area contributed by atoms with Gasteiger partial charge in [0.1, 0.15) is 18.0 Å². The number of hydrogen-bond donors (Lipinski definition) is 2. The molecule has 1 aromatic carbocycles. The molecule has 0 unspecified atom stereocenters. The van der Waals surface area contributed by atoms with Crippen LogP contribution in [-0.4, -0.2) is 36.2 Å². The summed E-state index contributed by atoms with van der Waals surface area (Å²) in [6, 6.07) is 8.19. The second-order valence-corrected chi connectivity index (χ2v) is 7.19. The Bertz CT molecular complexity index is 1230. The van der Waals surface area contributed by atoms with E-state index in [0.29, 0.717) is 40.8 Å². The van der Waals surface area contributed by atoms with Crippen molar-refractivity contribution in [1.29, 1.82) is 0 Å². The lowest BCUT2D eigenvalue weighted by Gasteiger charge is -2.08. The molecule has 0 aliphatic carbocycles. The van der Waals surface area contributed by atoms with Crippen LogP contribution in [0.1, 0.15) is 45.5 Å². The van der Waals surface area contributed by atoms with Gasteiger partial charge in [0.2, 0.25) is 0 Å². The first-order valence-electron chi connectivity index (χ1n) is 9.91. The molecule has 0 radical (unpaired) electrons. The van der Waals surface area contributed by atoms with Gasteiger partial charge in [-0.25, -0.2) is 19.0 Å². The molecule has 8 nitrogen and oxygen atoms in total. The fourth-order valence-corrected chi connectivity index (χ4v) is 3.54. The number of H-pyrrole nitrogens is 1. The van der Waals surface area contributed by atoms with Gasteiger partial charge < -0.3 is 5.32 Å². The van der Waals surface area contributed by atoms with Gasteiger partial charge in [0.05, 0.1) is 17.0 Å². The van der Waals surface area contributed by atoms with Crippen molar-refractivity contribution >= 4 is 17.9 Å². The van der Waals surface area contributed by atoms with Gasteiger partial charge in [-0.2, -0.15) is 10.2 Å². The molecule has 0 amide bonds. The molecule has 4 rings (SSSR count). The van der Waals surface area contributed by atoms with Gasteiger partial charge in [0.15, 0.2) is 17.9 Å². The number of benzene rings is 1. The number of rotatable bonds is 7. The Kier molecular flexibility index (Phi) is 5.57. The van der Waals surface area contributed by atoms with Gasteiger partial charge in [0, 0.05) is 23.7 Å². The molecule has 0 aliphatic rings. The maximum Gasteiger partial charge on any atom is 0.159 e. The van der Waals surface area contributed by atoms with Crippen molar-refractivity contribution < 1.29 is 9.18 Å². The molecule has 158 valence electrons. The third-order valence-electron chi connectivity index (χ3n) is 5.18. The van der Waals surface area contributed by atoms with Gasteiger partial charge in [-0.1, -0.05) is 19.1 Å². The van der Waals surface area contributed by atoms with E-state index in [1.54, 1.807) is 29.8 Å². The molecule has 0 saturated carbocycles. The topological polar surface area (TPSA) is 101 Å². The second kappa shape index (κ2) is 8.47. The Hall–Kier alpha value is -3.88. The van der Waals surface area contributed by atoms with Crippen LogP contribution in [-0.2, 0) is 12.8 Å². The van der Waals surface area contributed by atoms with Crippen LogP contribution in [0.2, 0.25) is 0 Å². The lowest BCUT2D eigenvalue weighted by atomic mass is 10.1. The highest BCUT2D eigenvalue weighted by atomic mass is 19.1. The molecular weight excluding hydrogens is 397 g/mol. The maximum absolute atomic E-state index is 13.2. The van der Waals surface area contributed by atoms with Gasteiger partial charge in [-0.3, -0.25) is 9.89 Å². The summed E-state index contributed by atoms with van der Waals surface area (Å²) in [6.07, 6.45) is 3.61. The summed E-state index contributed by atoms with van der Waals surface area (Å²) in [5.41, 5.74) is 4.89. The van der Waals surface area contributed by atoms with E-state index >= 15 is 0 Å². The van der Waals surface area contributed by atoms with Crippen molar-refractivity contribution in [2.75, 3.05) is 5.32 Å². The molecule has 4 aromatic rings. The minimum absolute atomic E-state index is 0.256. The van der Waals surface area contributed by atoms with E-state index in [-0.39, 0.29) is 5.82 Å². The zero-order valence-electron chi connectivity index (χ0n) is 17.5. The first-order valence-corrected chi connectivity index (χ1v) is 9.91. The average molecular weight is 419 g/mol. The zero-order chi connectivity index (χ0) is 22.0. The largest absolute Gasteiger partial charge is 0.323 e. The fraction of sp³-hybridized carbons (Fsp3) is 0.227. The summed E-state index contributed by atoms with van der Waals surface area (Å²) >= 11 is 0. The number of aldehydes is 1. The molecule has 0 saturated heterocycles. The van der Waals surface area contributed by atoms with E-state index in [0.717, 1.165) is 29.5 Å². The molecule has 0 atom stereocenters. The Morgan fingerprint density at radius 1 is 1.19 bits per heavy atom. The molecule has 3 heterocycles. The summed E-state index contributed by atoms with van der Waals surface area (Å²) in [4.78, 5) is 19.9. The average Bonchev–Trinajstić information content (AvgIpc) is 3.28. The molecule has 0 bridgehead atoms. The van der Waals surface area contributed by atoms with Gasteiger partial charge in [-0.05, 0) is 38.0 Å². The van der Waals surface area contributed by atoms with Crippen LogP contribution in [0, 0.1) is 19.7 Å². The van der Waals surface area contributed by atoms with E-state index < -0.39 is 0 Å². The van der Waals surface area contributed by atoms with Crippen molar-refractivity contribution in [2.24, 2.45) is 0 Å². The van der Waals surface area contributed by atoms with Crippen molar-refractivity contribution in [3.63, 3.8) is 0 Å². The van der Waals surface area contributed by atoms with Crippen molar-refractivity contribution in [3.8, 4) is 5.82 Å². The third kappa shape index (κ3) is 4.07. The van der Waals surface area contributed by atoms with Crippen LogP contribution in [0.3, 0.4) is 0 Å². The lowest BCUT2D eigenvalue weighted by Crippen LogP contribution is -2.05. The van der Waals surface area contributed by atoms with E-state index in [1.807, 2.05) is 13.8 Å². The van der Waals surface area contributed by atoms with Crippen LogP contribution in [0.15, 0.2) is 36.7 Å². The molecule has 3 aromatic heterocycles. The highest BCUT2D eigenvalue weighted by Gasteiger charge is 2.16. The Morgan fingerprint density at radius 2 is 1.97 bits per heavy atom. The van der Waals surface area contributed by atoms with Gasteiger partial charge in [-0.15, -0.1) is 0 Å². The Labute approximate surface area is 178 Å². The van der Waals surface area contributed by atoms with Crippen molar-refractivity contribution in [2.45, 2.75) is 33.6 Å². The van der Waals surface area contributed by atoms with Crippen LogP contribution in [0.4, 0.5) is 16.0 Å². The van der Waals surface area contributed by atoms with Crippen LogP contribution >= 0.6 is 0 Å². The summed E-state index contributed by atoms with van der Waals surface area (Å²) in [5, 5.41) is 15.1. The number of halogens is 1. The fourth-order valence-electron chi connectivity index (χ4n) is 3.54.